The fourth-order valence-electron chi connectivity index (χ4n) is 1.84. The van der Waals surface area contributed by atoms with Crippen molar-refractivity contribution in [3.05, 3.63) is 50.2 Å². The van der Waals surface area contributed by atoms with Crippen LogP contribution in [0.3, 0.4) is 0 Å². The number of rotatable bonds is 4. The summed E-state index contributed by atoms with van der Waals surface area (Å²) in [6, 6.07) is 2.87. The number of nitrogens with zero attached hydrogens (tertiary/aromatic N) is 2. The third kappa shape index (κ3) is 3.45. The van der Waals surface area contributed by atoms with Gasteiger partial charge in [-0.05, 0) is 6.07 Å². The number of benzene rings is 1. The molecule has 0 saturated carbocycles. The Labute approximate surface area is 134 Å². The number of carbonyl (C=O) groups is 2. The summed E-state index contributed by atoms with van der Waals surface area (Å²) in [5.41, 5.74) is -1.72. The molecule has 0 aromatic heterocycles. The Hall–Kier alpha value is -3.50. The Morgan fingerprint density at radius 3 is 2.17 bits per heavy atom. The van der Waals surface area contributed by atoms with Gasteiger partial charge in [0.25, 0.3) is 17.2 Å². The molecule has 2 rings (SSSR count). The van der Waals surface area contributed by atoms with Crippen molar-refractivity contribution >= 4 is 29.0 Å². The fraction of sp³-hybridized carbons (Fsp3) is 0.231. The van der Waals surface area contributed by atoms with E-state index in [0.29, 0.717) is 0 Å². The number of nitro groups is 2. The average molecular weight is 337 g/mol. The van der Waals surface area contributed by atoms with Gasteiger partial charge in [-0.2, -0.15) is 0 Å². The number of nitro benzene ring substituents is 2. The van der Waals surface area contributed by atoms with Crippen molar-refractivity contribution in [2.75, 3.05) is 5.32 Å². The molecular weight excluding hydrogens is 326 g/mol. The summed E-state index contributed by atoms with van der Waals surface area (Å²) in [6.07, 6.45) is 0.883. The third-order valence-electron chi connectivity index (χ3n) is 2.88. The zero-order valence-electron chi connectivity index (χ0n) is 12.5. The monoisotopic (exact) mass is 337 g/mol. The number of hydrogen-bond donors (Lipinski definition) is 1. The lowest BCUT2D eigenvalue weighted by Crippen LogP contribution is -2.42. The molecule has 11 nitrogen and oxygen atoms in total. The van der Waals surface area contributed by atoms with Crippen LogP contribution in [0.15, 0.2) is 30.0 Å². The van der Waals surface area contributed by atoms with Gasteiger partial charge in [0.1, 0.15) is 5.69 Å². The number of cyclic esters (lactones) is 2. The topological polar surface area (TPSA) is 151 Å². The molecule has 1 aliphatic rings. The first-order valence-electron chi connectivity index (χ1n) is 6.47. The first-order valence-corrected chi connectivity index (χ1v) is 6.47. The minimum absolute atomic E-state index is 0.150. The molecule has 126 valence electrons. The van der Waals surface area contributed by atoms with Gasteiger partial charge in [-0.3, -0.25) is 20.2 Å². The van der Waals surface area contributed by atoms with Gasteiger partial charge in [-0.15, -0.1) is 0 Å². The number of anilines is 1. The van der Waals surface area contributed by atoms with Crippen LogP contribution in [0, 0.1) is 20.2 Å². The van der Waals surface area contributed by atoms with Gasteiger partial charge < -0.3 is 14.8 Å². The van der Waals surface area contributed by atoms with E-state index in [-0.39, 0.29) is 5.69 Å². The number of nitrogens with one attached hydrogen (secondary N) is 1. The quantitative estimate of drug-likeness (QED) is 0.284. The van der Waals surface area contributed by atoms with Crippen LogP contribution in [-0.2, 0) is 19.1 Å². The maximum Gasteiger partial charge on any atom is 0.350 e. The van der Waals surface area contributed by atoms with E-state index in [1.807, 2.05) is 0 Å². The highest BCUT2D eigenvalue weighted by Gasteiger charge is 2.39. The Bertz CT molecular complexity index is 761. The molecule has 0 bridgehead atoms. The average Bonchev–Trinajstić information content (AvgIpc) is 2.44. The van der Waals surface area contributed by atoms with Crippen LogP contribution < -0.4 is 5.32 Å². The molecule has 0 spiro atoms. The van der Waals surface area contributed by atoms with Gasteiger partial charge in [0, 0.05) is 26.1 Å². The number of esters is 2. The van der Waals surface area contributed by atoms with E-state index >= 15 is 0 Å². The van der Waals surface area contributed by atoms with Crippen molar-refractivity contribution in [3.8, 4) is 0 Å². The van der Waals surface area contributed by atoms with E-state index in [1.165, 1.54) is 13.8 Å². The highest BCUT2D eigenvalue weighted by molar-refractivity contribution is 6.15. The summed E-state index contributed by atoms with van der Waals surface area (Å²) >= 11 is 0. The lowest BCUT2D eigenvalue weighted by atomic mass is 10.2. The van der Waals surface area contributed by atoms with Crippen molar-refractivity contribution in [2.45, 2.75) is 19.6 Å². The van der Waals surface area contributed by atoms with Crippen molar-refractivity contribution < 1.29 is 28.9 Å². The van der Waals surface area contributed by atoms with E-state index in [1.54, 1.807) is 0 Å². The summed E-state index contributed by atoms with van der Waals surface area (Å²) in [5.74, 6) is -3.34. The normalized spacial score (nSPS) is 16.0. The number of non-ortho nitro benzene ring substituents is 1. The number of hydrogen-bond acceptors (Lipinski definition) is 9. The Kier molecular flexibility index (Phi) is 4.18. The molecule has 1 fully saturated rings. The first kappa shape index (κ1) is 16.9. The highest BCUT2D eigenvalue weighted by atomic mass is 16.7. The number of carbonyl (C=O) groups excluding carboxylic acids is 2. The van der Waals surface area contributed by atoms with E-state index in [4.69, 9.17) is 9.47 Å². The molecule has 1 saturated heterocycles. The zero-order chi connectivity index (χ0) is 18.1. The maximum absolute atomic E-state index is 11.7. The second-order valence-corrected chi connectivity index (χ2v) is 5.10. The molecule has 0 unspecified atom stereocenters. The van der Waals surface area contributed by atoms with Gasteiger partial charge in [-0.1, -0.05) is 0 Å². The smallest absolute Gasteiger partial charge is 0.350 e. The lowest BCUT2D eigenvalue weighted by molar-refractivity contribution is -0.393. The van der Waals surface area contributed by atoms with Crippen LogP contribution in [0.4, 0.5) is 17.1 Å². The molecule has 24 heavy (non-hydrogen) atoms. The predicted octanol–water partition coefficient (Wildman–Crippen LogP) is 1.63. The first-order chi connectivity index (χ1) is 11.1. The summed E-state index contributed by atoms with van der Waals surface area (Å²) in [6.45, 7) is 2.74. The molecular formula is C13H11N3O8. The van der Waals surface area contributed by atoms with E-state index in [0.717, 1.165) is 24.4 Å². The van der Waals surface area contributed by atoms with E-state index in [2.05, 4.69) is 5.32 Å². The summed E-state index contributed by atoms with van der Waals surface area (Å²) in [4.78, 5) is 43.5. The van der Waals surface area contributed by atoms with Crippen molar-refractivity contribution in [1.82, 2.24) is 0 Å². The van der Waals surface area contributed by atoms with Gasteiger partial charge in [0.2, 0.25) is 0 Å². The van der Waals surface area contributed by atoms with Gasteiger partial charge in [-0.25, -0.2) is 9.59 Å². The van der Waals surface area contributed by atoms with Crippen molar-refractivity contribution in [3.63, 3.8) is 0 Å². The van der Waals surface area contributed by atoms with Crippen LogP contribution in [0.2, 0.25) is 0 Å². The maximum atomic E-state index is 11.7. The summed E-state index contributed by atoms with van der Waals surface area (Å²) in [5, 5.41) is 24.1. The minimum Gasteiger partial charge on any atom is -0.419 e. The van der Waals surface area contributed by atoms with E-state index in [9.17, 15) is 29.8 Å². The summed E-state index contributed by atoms with van der Waals surface area (Å²) in [7, 11) is 0. The molecule has 0 atom stereocenters. The Balaban J connectivity index is 2.31. The van der Waals surface area contributed by atoms with Gasteiger partial charge in [0.15, 0.2) is 5.57 Å². The van der Waals surface area contributed by atoms with Gasteiger partial charge in [0.05, 0.1) is 15.9 Å². The van der Waals surface area contributed by atoms with Crippen molar-refractivity contribution in [2.24, 2.45) is 0 Å². The van der Waals surface area contributed by atoms with Crippen molar-refractivity contribution in [1.29, 1.82) is 0 Å². The molecule has 1 heterocycles. The molecule has 1 N–H and O–H groups in total. The van der Waals surface area contributed by atoms with Crippen LogP contribution in [0.1, 0.15) is 13.8 Å². The SMILES string of the molecule is CC1(C)OC(=O)C(=CNc2ccc([N+](=O)[O-])cc2[N+](=O)[O-])C(=O)O1. The van der Waals surface area contributed by atoms with Crippen LogP contribution in [-0.4, -0.2) is 27.6 Å². The molecule has 1 aromatic carbocycles. The molecule has 0 aliphatic carbocycles. The van der Waals surface area contributed by atoms with Crippen LogP contribution in [0.25, 0.3) is 0 Å². The largest absolute Gasteiger partial charge is 0.419 e. The molecule has 1 aliphatic heterocycles. The highest BCUT2D eigenvalue weighted by Crippen LogP contribution is 2.29. The zero-order valence-corrected chi connectivity index (χ0v) is 12.5. The summed E-state index contributed by atoms with van der Waals surface area (Å²) < 4.78 is 9.72. The molecule has 0 amide bonds. The van der Waals surface area contributed by atoms with E-state index < -0.39 is 44.5 Å². The molecule has 1 aromatic rings. The predicted molar refractivity (Wildman–Crippen MR) is 77.7 cm³/mol. The van der Waals surface area contributed by atoms with Crippen LogP contribution >= 0.6 is 0 Å². The Morgan fingerprint density at radius 1 is 1.08 bits per heavy atom. The molecule has 11 heteroatoms. The lowest BCUT2D eigenvalue weighted by Gasteiger charge is -2.29. The second-order valence-electron chi connectivity index (χ2n) is 5.10. The molecule has 0 radical (unpaired) electrons. The number of ether oxygens (including phenoxy) is 2. The van der Waals surface area contributed by atoms with Crippen LogP contribution in [0.5, 0.6) is 0 Å². The third-order valence-corrected chi connectivity index (χ3v) is 2.88. The fourth-order valence-corrected chi connectivity index (χ4v) is 1.84. The second kappa shape index (κ2) is 5.95. The Morgan fingerprint density at radius 2 is 1.67 bits per heavy atom. The van der Waals surface area contributed by atoms with Gasteiger partial charge >= 0.3 is 11.9 Å². The minimum atomic E-state index is -1.41. The standard InChI is InChI=1S/C13H11N3O8/c1-13(2)23-11(17)8(12(18)24-13)6-14-9-4-3-7(15(19)20)5-10(9)16(21)22/h3-6,14H,1-2H3.